The maximum atomic E-state index is 12.4. The quantitative estimate of drug-likeness (QED) is 0.867. The highest BCUT2D eigenvalue weighted by molar-refractivity contribution is 9.10. The van der Waals surface area contributed by atoms with Crippen molar-refractivity contribution in [2.45, 2.75) is 0 Å². The number of amides is 2. The molecule has 1 aliphatic heterocycles. The van der Waals surface area contributed by atoms with E-state index in [1.807, 2.05) is 41.3 Å². The Hall–Kier alpha value is -2.21. The van der Waals surface area contributed by atoms with Crippen LogP contribution in [0.25, 0.3) is 0 Å². The van der Waals surface area contributed by atoms with E-state index in [4.69, 9.17) is 4.74 Å². The summed E-state index contributed by atoms with van der Waals surface area (Å²) in [4.78, 5) is 16.5. The first-order chi connectivity index (χ1) is 11.7. The summed E-state index contributed by atoms with van der Waals surface area (Å²) < 4.78 is 6.14. The molecule has 2 aromatic carbocycles. The highest BCUT2D eigenvalue weighted by Crippen LogP contribution is 2.21. The molecule has 0 aliphatic carbocycles. The van der Waals surface area contributed by atoms with Crippen LogP contribution in [-0.2, 0) is 0 Å². The minimum Gasteiger partial charge on any atom is -0.497 e. The van der Waals surface area contributed by atoms with Crippen LogP contribution in [0.3, 0.4) is 0 Å². The Morgan fingerprint density at radius 1 is 1.08 bits per heavy atom. The van der Waals surface area contributed by atoms with Crippen molar-refractivity contribution in [3.63, 3.8) is 0 Å². The normalized spacial score (nSPS) is 14.4. The van der Waals surface area contributed by atoms with Gasteiger partial charge < -0.3 is 19.9 Å². The summed E-state index contributed by atoms with van der Waals surface area (Å²) in [6.07, 6.45) is 0. The molecule has 0 radical (unpaired) electrons. The zero-order valence-electron chi connectivity index (χ0n) is 13.5. The molecule has 1 N–H and O–H groups in total. The molecular weight excluding hydrogens is 370 g/mol. The monoisotopic (exact) mass is 389 g/mol. The summed E-state index contributed by atoms with van der Waals surface area (Å²) in [5.41, 5.74) is 1.95. The van der Waals surface area contributed by atoms with E-state index in [9.17, 15) is 4.79 Å². The number of methoxy groups -OCH3 is 1. The molecule has 0 bridgehead atoms. The van der Waals surface area contributed by atoms with Crippen molar-refractivity contribution in [2.75, 3.05) is 43.5 Å². The van der Waals surface area contributed by atoms with Gasteiger partial charge in [-0.05, 0) is 42.5 Å². The minimum atomic E-state index is -0.0533. The van der Waals surface area contributed by atoms with Crippen LogP contribution in [0.2, 0.25) is 0 Å². The number of rotatable bonds is 3. The third kappa shape index (κ3) is 4.00. The molecule has 2 aromatic rings. The summed E-state index contributed by atoms with van der Waals surface area (Å²) in [6.45, 7) is 3.04. The van der Waals surface area contributed by atoms with E-state index in [0.29, 0.717) is 13.1 Å². The number of nitrogens with one attached hydrogen (secondary N) is 1. The van der Waals surface area contributed by atoms with E-state index < -0.39 is 0 Å². The molecule has 24 heavy (non-hydrogen) atoms. The van der Waals surface area contributed by atoms with Gasteiger partial charge in [0, 0.05) is 42.0 Å². The van der Waals surface area contributed by atoms with Crippen LogP contribution in [0.15, 0.2) is 53.0 Å². The second-order valence-electron chi connectivity index (χ2n) is 5.61. The Labute approximate surface area is 150 Å². The number of carbonyl (C=O) groups is 1. The summed E-state index contributed by atoms with van der Waals surface area (Å²) in [5, 5.41) is 2.94. The van der Waals surface area contributed by atoms with Gasteiger partial charge in [-0.2, -0.15) is 0 Å². The number of urea groups is 1. The molecule has 0 aromatic heterocycles. The highest BCUT2D eigenvalue weighted by atomic mass is 79.9. The smallest absolute Gasteiger partial charge is 0.321 e. The van der Waals surface area contributed by atoms with Gasteiger partial charge in [-0.25, -0.2) is 4.79 Å². The van der Waals surface area contributed by atoms with Gasteiger partial charge in [0.05, 0.1) is 7.11 Å². The minimum absolute atomic E-state index is 0.0533. The molecule has 2 amide bonds. The van der Waals surface area contributed by atoms with Gasteiger partial charge in [-0.15, -0.1) is 0 Å². The molecule has 3 rings (SSSR count). The summed E-state index contributed by atoms with van der Waals surface area (Å²) >= 11 is 3.41. The molecule has 126 valence electrons. The molecule has 6 heteroatoms. The zero-order valence-corrected chi connectivity index (χ0v) is 15.1. The van der Waals surface area contributed by atoms with Crippen LogP contribution in [0.4, 0.5) is 16.2 Å². The Kier molecular flexibility index (Phi) is 5.25. The number of carbonyl (C=O) groups excluding carboxylic acids is 1. The molecule has 1 fully saturated rings. The SMILES string of the molecule is COc1ccc(N2CCN(C(=O)Nc3cccc(Br)c3)CC2)cc1. The molecule has 1 heterocycles. The maximum Gasteiger partial charge on any atom is 0.321 e. The largest absolute Gasteiger partial charge is 0.497 e. The Bertz CT molecular complexity index is 698. The Morgan fingerprint density at radius 2 is 1.79 bits per heavy atom. The lowest BCUT2D eigenvalue weighted by Crippen LogP contribution is -2.50. The van der Waals surface area contributed by atoms with Gasteiger partial charge in [-0.3, -0.25) is 0 Å². The highest BCUT2D eigenvalue weighted by Gasteiger charge is 2.21. The number of piperazine rings is 1. The lowest BCUT2D eigenvalue weighted by atomic mass is 10.2. The fraction of sp³-hybridized carbons (Fsp3) is 0.278. The number of nitrogens with zero attached hydrogens (tertiary/aromatic N) is 2. The molecule has 1 saturated heterocycles. The molecule has 0 spiro atoms. The van der Waals surface area contributed by atoms with E-state index in [2.05, 4.69) is 38.3 Å². The molecule has 0 saturated carbocycles. The number of benzene rings is 2. The second-order valence-corrected chi connectivity index (χ2v) is 6.53. The van der Waals surface area contributed by atoms with Gasteiger partial charge in [0.15, 0.2) is 0 Å². The summed E-state index contributed by atoms with van der Waals surface area (Å²) in [7, 11) is 1.66. The van der Waals surface area contributed by atoms with Gasteiger partial charge in [0.1, 0.15) is 5.75 Å². The van der Waals surface area contributed by atoms with Crippen molar-refractivity contribution in [1.82, 2.24) is 4.90 Å². The number of halogens is 1. The fourth-order valence-electron chi connectivity index (χ4n) is 2.73. The first-order valence-corrected chi connectivity index (χ1v) is 8.65. The number of hydrogen-bond acceptors (Lipinski definition) is 3. The zero-order chi connectivity index (χ0) is 16.9. The van der Waals surface area contributed by atoms with E-state index in [-0.39, 0.29) is 6.03 Å². The average molecular weight is 390 g/mol. The Morgan fingerprint density at radius 3 is 2.42 bits per heavy atom. The van der Waals surface area contributed by atoms with Crippen LogP contribution in [0.1, 0.15) is 0 Å². The van der Waals surface area contributed by atoms with Crippen LogP contribution < -0.4 is 15.0 Å². The predicted molar refractivity (Wildman–Crippen MR) is 99.9 cm³/mol. The molecular formula is C18H20BrN3O2. The molecule has 0 atom stereocenters. The number of hydrogen-bond donors (Lipinski definition) is 1. The van der Waals surface area contributed by atoms with Crippen molar-refractivity contribution in [3.8, 4) is 5.75 Å². The summed E-state index contributed by atoms with van der Waals surface area (Å²) in [5.74, 6) is 0.853. The summed E-state index contributed by atoms with van der Waals surface area (Å²) in [6, 6.07) is 15.6. The topological polar surface area (TPSA) is 44.8 Å². The lowest BCUT2D eigenvalue weighted by molar-refractivity contribution is 0.208. The van der Waals surface area contributed by atoms with E-state index in [1.165, 1.54) is 0 Å². The second kappa shape index (κ2) is 7.57. The molecule has 5 nitrogen and oxygen atoms in total. The van der Waals surface area contributed by atoms with E-state index in [0.717, 1.165) is 34.7 Å². The van der Waals surface area contributed by atoms with Crippen LogP contribution in [0.5, 0.6) is 5.75 Å². The van der Waals surface area contributed by atoms with Crippen molar-refractivity contribution in [2.24, 2.45) is 0 Å². The third-order valence-electron chi connectivity index (χ3n) is 4.08. The lowest BCUT2D eigenvalue weighted by Gasteiger charge is -2.36. The van der Waals surface area contributed by atoms with Gasteiger partial charge in [0.25, 0.3) is 0 Å². The third-order valence-corrected chi connectivity index (χ3v) is 4.57. The van der Waals surface area contributed by atoms with Crippen molar-refractivity contribution in [3.05, 3.63) is 53.0 Å². The van der Waals surface area contributed by atoms with Crippen molar-refractivity contribution >= 4 is 33.3 Å². The standard InChI is InChI=1S/C18H20BrN3O2/c1-24-17-7-5-16(6-8-17)21-9-11-22(12-10-21)18(23)20-15-4-2-3-14(19)13-15/h2-8,13H,9-12H2,1H3,(H,20,23). The van der Waals surface area contributed by atoms with E-state index in [1.54, 1.807) is 7.11 Å². The molecule has 0 unspecified atom stereocenters. The fourth-order valence-corrected chi connectivity index (χ4v) is 3.13. The van der Waals surface area contributed by atoms with Gasteiger partial charge >= 0.3 is 6.03 Å². The van der Waals surface area contributed by atoms with Gasteiger partial charge in [0.2, 0.25) is 0 Å². The maximum absolute atomic E-state index is 12.4. The van der Waals surface area contributed by atoms with Crippen molar-refractivity contribution in [1.29, 1.82) is 0 Å². The first kappa shape index (κ1) is 16.6. The molecule has 1 aliphatic rings. The van der Waals surface area contributed by atoms with E-state index >= 15 is 0 Å². The van der Waals surface area contributed by atoms with Crippen LogP contribution in [-0.4, -0.2) is 44.2 Å². The average Bonchev–Trinajstić information content (AvgIpc) is 2.62. The first-order valence-electron chi connectivity index (χ1n) is 7.86. The Balaban J connectivity index is 1.55. The van der Waals surface area contributed by atoms with Crippen LogP contribution >= 0.6 is 15.9 Å². The van der Waals surface area contributed by atoms with Gasteiger partial charge in [-0.1, -0.05) is 22.0 Å². The number of ether oxygens (including phenoxy) is 1. The van der Waals surface area contributed by atoms with Crippen molar-refractivity contribution < 1.29 is 9.53 Å². The number of anilines is 2. The van der Waals surface area contributed by atoms with Crippen LogP contribution in [0, 0.1) is 0 Å². The predicted octanol–water partition coefficient (Wildman–Crippen LogP) is 3.81.